The van der Waals surface area contributed by atoms with Gasteiger partial charge in [-0.1, -0.05) is 24.3 Å². The van der Waals surface area contributed by atoms with Crippen molar-refractivity contribution in [2.24, 2.45) is 0 Å². The second-order valence-corrected chi connectivity index (χ2v) is 5.34. The minimum absolute atomic E-state index is 0.297. The molecule has 0 spiro atoms. The van der Waals surface area contributed by atoms with Crippen molar-refractivity contribution < 1.29 is 13.9 Å². The number of rotatable bonds is 2. The van der Waals surface area contributed by atoms with E-state index in [2.05, 4.69) is 0 Å². The van der Waals surface area contributed by atoms with Gasteiger partial charge in [-0.15, -0.1) is 11.3 Å². The van der Waals surface area contributed by atoms with E-state index in [9.17, 15) is 13.9 Å². The Bertz CT molecular complexity index is 683. The first-order valence-electron chi connectivity index (χ1n) is 5.77. The number of halogens is 2. The van der Waals surface area contributed by atoms with E-state index in [-0.39, 0.29) is 5.56 Å². The Morgan fingerprint density at radius 2 is 1.63 bits per heavy atom. The summed E-state index contributed by atoms with van der Waals surface area (Å²) in [5, 5.41) is 11.1. The van der Waals surface area contributed by atoms with Crippen LogP contribution in [0.5, 0.6) is 0 Å². The molecule has 0 bridgehead atoms. The highest BCUT2D eigenvalue weighted by atomic mass is 32.1. The van der Waals surface area contributed by atoms with Crippen LogP contribution in [-0.4, -0.2) is 5.11 Å². The zero-order chi connectivity index (χ0) is 13.4. The lowest BCUT2D eigenvalue weighted by atomic mass is 10.1. The van der Waals surface area contributed by atoms with Crippen LogP contribution in [0.25, 0.3) is 10.1 Å². The van der Waals surface area contributed by atoms with Gasteiger partial charge >= 0.3 is 0 Å². The van der Waals surface area contributed by atoms with Crippen LogP contribution in [0, 0.1) is 11.6 Å². The van der Waals surface area contributed by atoms with Gasteiger partial charge in [-0.25, -0.2) is 8.78 Å². The number of fused-ring (bicyclic) bond motifs is 1. The minimum Gasteiger partial charge on any atom is -0.383 e. The van der Waals surface area contributed by atoms with Crippen molar-refractivity contribution in [1.29, 1.82) is 0 Å². The molecule has 0 fully saturated rings. The third-order valence-corrected chi connectivity index (χ3v) is 4.16. The molecule has 1 heterocycles. The molecule has 3 rings (SSSR count). The first kappa shape index (κ1) is 12.3. The smallest absolute Gasteiger partial charge is 0.132 e. The first-order valence-corrected chi connectivity index (χ1v) is 6.59. The average molecular weight is 276 g/mol. The topological polar surface area (TPSA) is 20.2 Å². The van der Waals surface area contributed by atoms with Crippen LogP contribution in [0.1, 0.15) is 16.5 Å². The summed E-state index contributed by atoms with van der Waals surface area (Å²) in [6, 6.07) is 12.9. The molecule has 0 aliphatic carbocycles. The molecule has 1 nitrogen and oxygen atoms in total. The van der Waals surface area contributed by atoms with Gasteiger partial charge in [0.1, 0.15) is 17.7 Å². The largest absolute Gasteiger partial charge is 0.383 e. The molecule has 0 radical (unpaired) electrons. The second kappa shape index (κ2) is 4.72. The van der Waals surface area contributed by atoms with Crippen LogP contribution in [0.15, 0.2) is 48.5 Å². The molecule has 1 atom stereocenters. The van der Waals surface area contributed by atoms with Crippen molar-refractivity contribution in [3.05, 3.63) is 70.6 Å². The van der Waals surface area contributed by atoms with Gasteiger partial charge in [0.25, 0.3) is 0 Å². The molecule has 0 aliphatic heterocycles. The van der Waals surface area contributed by atoms with Gasteiger partial charge in [0.05, 0.1) is 5.56 Å². The van der Waals surface area contributed by atoms with E-state index in [4.69, 9.17) is 0 Å². The minimum atomic E-state index is -1.28. The predicted octanol–water partition coefficient (Wildman–Crippen LogP) is 4.26. The van der Waals surface area contributed by atoms with Crippen LogP contribution >= 0.6 is 11.3 Å². The molecule has 96 valence electrons. The number of hydrogen-bond acceptors (Lipinski definition) is 2. The molecule has 0 amide bonds. The summed E-state index contributed by atoms with van der Waals surface area (Å²) in [6.07, 6.45) is -1.28. The Kier molecular flexibility index (Phi) is 3.05. The van der Waals surface area contributed by atoms with Gasteiger partial charge in [0.2, 0.25) is 0 Å². The average Bonchev–Trinajstić information content (AvgIpc) is 2.82. The molecule has 3 aromatic rings. The van der Waals surface area contributed by atoms with Crippen LogP contribution in [0.4, 0.5) is 8.78 Å². The molecule has 1 aromatic heterocycles. The third kappa shape index (κ3) is 2.13. The van der Waals surface area contributed by atoms with Gasteiger partial charge < -0.3 is 5.11 Å². The molecule has 2 aromatic carbocycles. The van der Waals surface area contributed by atoms with Gasteiger partial charge in [-0.3, -0.25) is 0 Å². The fourth-order valence-corrected chi connectivity index (χ4v) is 3.11. The molecule has 4 heteroatoms. The van der Waals surface area contributed by atoms with Crippen molar-refractivity contribution in [3.8, 4) is 0 Å². The van der Waals surface area contributed by atoms with E-state index in [1.54, 1.807) is 6.07 Å². The summed E-state index contributed by atoms with van der Waals surface area (Å²) >= 11 is 1.33. The van der Waals surface area contributed by atoms with Gasteiger partial charge in [-0.2, -0.15) is 0 Å². The van der Waals surface area contributed by atoms with Crippen LogP contribution in [-0.2, 0) is 0 Å². The SMILES string of the molecule is OC(c1cc2ccccc2s1)c1c(F)cccc1F. The van der Waals surface area contributed by atoms with Crippen molar-refractivity contribution >= 4 is 21.4 Å². The van der Waals surface area contributed by atoms with Crippen molar-refractivity contribution in [2.75, 3.05) is 0 Å². The van der Waals surface area contributed by atoms with E-state index in [0.717, 1.165) is 22.2 Å². The lowest BCUT2D eigenvalue weighted by Gasteiger charge is -2.10. The highest BCUT2D eigenvalue weighted by molar-refractivity contribution is 7.19. The second-order valence-electron chi connectivity index (χ2n) is 4.22. The number of aliphatic hydroxyl groups is 1. The van der Waals surface area contributed by atoms with Crippen LogP contribution in [0.2, 0.25) is 0 Å². The highest BCUT2D eigenvalue weighted by Gasteiger charge is 2.21. The third-order valence-electron chi connectivity index (χ3n) is 2.99. The quantitative estimate of drug-likeness (QED) is 0.741. The molecule has 0 saturated carbocycles. The summed E-state index contributed by atoms with van der Waals surface area (Å²) in [4.78, 5) is 0.533. The molecule has 1 unspecified atom stereocenters. The van der Waals surface area contributed by atoms with E-state index in [1.807, 2.05) is 24.3 Å². The Labute approximate surface area is 112 Å². The van der Waals surface area contributed by atoms with Crippen molar-refractivity contribution in [3.63, 3.8) is 0 Å². The van der Waals surface area contributed by atoms with Crippen LogP contribution < -0.4 is 0 Å². The number of aliphatic hydroxyl groups excluding tert-OH is 1. The molecular weight excluding hydrogens is 266 g/mol. The lowest BCUT2D eigenvalue weighted by molar-refractivity contribution is 0.213. The van der Waals surface area contributed by atoms with Crippen LogP contribution in [0.3, 0.4) is 0 Å². The number of hydrogen-bond donors (Lipinski definition) is 1. The lowest BCUT2D eigenvalue weighted by Crippen LogP contribution is -2.03. The zero-order valence-corrected chi connectivity index (χ0v) is 10.6. The summed E-state index contributed by atoms with van der Waals surface area (Å²) < 4.78 is 28.3. The monoisotopic (exact) mass is 276 g/mol. The summed E-state index contributed by atoms with van der Waals surface area (Å²) in [5.41, 5.74) is -0.297. The number of benzene rings is 2. The normalized spacial score (nSPS) is 12.8. The summed E-state index contributed by atoms with van der Waals surface area (Å²) in [6.45, 7) is 0. The molecule has 0 aliphatic rings. The van der Waals surface area contributed by atoms with E-state index in [1.165, 1.54) is 17.4 Å². The van der Waals surface area contributed by atoms with E-state index < -0.39 is 17.7 Å². The standard InChI is InChI=1S/C15H10F2OS/c16-10-5-3-6-11(17)14(10)15(18)13-8-9-4-1-2-7-12(9)19-13/h1-8,15,18H. The number of thiophene rings is 1. The Balaban J connectivity index is 2.10. The van der Waals surface area contributed by atoms with Gasteiger partial charge in [0.15, 0.2) is 0 Å². The van der Waals surface area contributed by atoms with Crippen molar-refractivity contribution in [2.45, 2.75) is 6.10 Å². The zero-order valence-electron chi connectivity index (χ0n) is 9.81. The van der Waals surface area contributed by atoms with E-state index in [0.29, 0.717) is 4.88 Å². The fraction of sp³-hybridized carbons (Fsp3) is 0.0667. The fourth-order valence-electron chi connectivity index (χ4n) is 2.05. The van der Waals surface area contributed by atoms with Gasteiger partial charge in [0, 0.05) is 9.58 Å². The maximum Gasteiger partial charge on any atom is 0.132 e. The molecule has 1 N–H and O–H groups in total. The maximum absolute atomic E-state index is 13.6. The molecular formula is C15H10F2OS. The summed E-state index contributed by atoms with van der Waals surface area (Å²) in [7, 11) is 0. The molecule has 19 heavy (non-hydrogen) atoms. The Hall–Kier alpha value is -1.78. The first-order chi connectivity index (χ1) is 9.16. The van der Waals surface area contributed by atoms with Crippen molar-refractivity contribution in [1.82, 2.24) is 0 Å². The Morgan fingerprint density at radius 1 is 0.947 bits per heavy atom. The predicted molar refractivity (Wildman–Crippen MR) is 72.2 cm³/mol. The Morgan fingerprint density at radius 3 is 2.32 bits per heavy atom. The maximum atomic E-state index is 13.6. The highest BCUT2D eigenvalue weighted by Crippen LogP contribution is 2.34. The van der Waals surface area contributed by atoms with E-state index >= 15 is 0 Å². The molecule has 0 saturated heterocycles. The summed E-state index contributed by atoms with van der Waals surface area (Å²) in [5.74, 6) is -1.46. The van der Waals surface area contributed by atoms with Gasteiger partial charge in [-0.05, 0) is 29.7 Å².